The third-order valence-electron chi connectivity index (χ3n) is 4.39. The summed E-state index contributed by atoms with van der Waals surface area (Å²) in [7, 11) is 2.89. The molecule has 0 spiro atoms. The predicted octanol–water partition coefficient (Wildman–Crippen LogP) is 5.65. The van der Waals surface area contributed by atoms with Crippen LogP contribution in [0.3, 0.4) is 0 Å². The van der Waals surface area contributed by atoms with Crippen LogP contribution >= 0.6 is 15.9 Å². The van der Waals surface area contributed by atoms with Crippen LogP contribution in [0.5, 0.6) is 23.0 Å². The number of allylic oxidation sites excluding steroid dienone is 1. The number of hydrogen-bond acceptors (Lipinski definition) is 5. The SMILES string of the molecule is COc1cc(O)c(C(=O)/C=C/c2ccc(OCc3ccccc3)cc2)c(OC)c1Br. The van der Waals surface area contributed by atoms with Gasteiger partial charge in [0.15, 0.2) is 11.5 Å². The Labute approximate surface area is 183 Å². The Kier molecular flexibility index (Phi) is 7.14. The first-order valence-corrected chi connectivity index (χ1v) is 9.95. The van der Waals surface area contributed by atoms with Crippen LogP contribution in [-0.4, -0.2) is 25.1 Å². The van der Waals surface area contributed by atoms with E-state index in [0.29, 0.717) is 16.8 Å². The molecule has 0 aliphatic carbocycles. The largest absolute Gasteiger partial charge is 0.507 e. The molecule has 1 N–H and O–H groups in total. The van der Waals surface area contributed by atoms with E-state index in [1.165, 1.54) is 26.4 Å². The molecule has 30 heavy (non-hydrogen) atoms. The first-order valence-electron chi connectivity index (χ1n) is 9.16. The van der Waals surface area contributed by atoms with Gasteiger partial charge in [0, 0.05) is 6.07 Å². The highest BCUT2D eigenvalue weighted by Crippen LogP contribution is 2.42. The summed E-state index contributed by atoms with van der Waals surface area (Å²) in [4.78, 5) is 12.7. The van der Waals surface area contributed by atoms with Crippen molar-refractivity contribution in [2.75, 3.05) is 14.2 Å². The molecule has 3 aromatic carbocycles. The Hall–Kier alpha value is -3.25. The van der Waals surface area contributed by atoms with Crippen molar-refractivity contribution >= 4 is 27.8 Å². The minimum Gasteiger partial charge on any atom is -0.507 e. The highest BCUT2D eigenvalue weighted by atomic mass is 79.9. The maximum absolute atomic E-state index is 12.7. The molecule has 0 saturated heterocycles. The number of methoxy groups -OCH3 is 2. The van der Waals surface area contributed by atoms with Crippen LogP contribution in [-0.2, 0) is 6.61 Å². The lowest BCUT2D eigenvalue weighted by molar-refractivity contribution is 0.104. The fourth-order valence-corrected chi connectivity index (χ4v) is 3.48. The molecule has 3 aromatic rings. The fraction of sp³-hybridized carbons (Fsp3) is 0.125. The van der Waals surface area contributed by atoms with Crippen molar-refractivity contribution in [3.63, 3.8) is 0 Å². The van der Waals surface area contributed by atoms with Crippen LogP contribution in [0.15, 0.2) is 71.2 Å². The molecule has 0 aromatic heterocycles. The summed E-state index contributed by atoms with van der Waals surface area (Å²) in [6, 6.07) is 18.7. The molecule has 0 atom stereocenters. The molecule has 3 rings (SSSR count). The molecular weight excluding hydrogens is 448 g/mol. The van der Waals surface area contributed by atoms with E-state index in [1.807, 2.05) is 54.6 Å². The second-order valence-electron chi connectivity index (χ2n) is 6.36. The van der Waals surface area contributed by atoms with Crippen LogP contribution in [0, 0.1) is 0 Å². The zero-order chi connectivity index (χ0) is 21.5. The van der Waals surface area contributed by atoms with Crippen LogP contribution in [0.1, 0.15) is 21.5 Å². The van der Waals surface area contributed by atoms with Gasteiger partial charge in [-0.1, -0.05) is 48.5 Å². The van der Waals surface area contributed by atoms with E-state index in [0.717, 1.165) is 16.9 Å². The molecule has 0 heterocycles. The zero-order valence-corrected chi connectivity index (χ0v) is 18.2. The molecule has 0 aliphatic rings. The Balaban J connectivity index is 1.71. The summed E-state index contributed by atoms with van der Waals surface area (Å²) in [6.07, 6.45) is 3.05. The zero-order valence-electron chi connectivity index (χ0n) is 16.6. The van der Waals surface area contributed by atoms with Crippen LogP contribution in [0.2, 0.25) is 0 Å². The molecule has 0 saturated carbocycles. The Morgan fingerprint density at radius 2 is 1.73 bits per heavy atom. The topological polar surface area (TPSA) is 65.0 Å². The van der Waals surface area contributed by atoms with Crippen molar-refractivity contribution in [1.29, 1.82) is 0 Å². The highest BCUT2D eigenvalue weighted by molar-refractivity contribution is 9.10. The van der Waals surface area contributed by atoms with E-state index in [9.17, 15) is 9.90 Å². The molecule has 0 amide bonds. The first kappa shape index (κ1) is 21.5. The molecular formula is C24H21BrO5. The van der Waals surface area contributed by atoms with Crippen molar-refractivity contribution in [3.8, 4) is 23.0 Å². The number of benzene rings is 3. The highest BCUT2D eigenvalue weighted by Gasteiger charge is 2.22. The molecule has 0 radical (unpaired) electrons. The average molecular weight is 469 g/mol. The molecule has 0 unspecified atom stereocenters. The van der Waals surface area contributed by atoms with Crippen molar-refractivity contribution in [3.05, 3.63) is 87.9 Å². The Morgan fingerprint density at radius 3 is 2.37 bits per heavy atom. The number of aromatic hydroxyl groups is 1. The summed E-state index contributed by atoms with van der Waals surface area (Å²) >= 11 is 3.34. The second kappa shape index (κ2) is 9.98. The number of hydrogen-bond donors (Lipinski definition) is 1. The van der Waals surface area contributed by atoms with Gasteiger partial charge in [0.1, 0.15) is 33.9 Å². The number of halogens is 1. The van der Waals surface area contributed by atoms with E-state index >= 15 is 0 Å². The minimum absolute atomic E-state index is 0.0595. The van der Waals surface area contributed by atoms with Gasteiger partial charge in [-0.2, -0.15) is 0 Å². The number of rotatable bonds is 8. The monoisotopic (exact) mass is 468 g/mol. The lowest BCUT2D eigenvalue weighted by Gasteiger charge is -2.13. The lowest BCUT2D eigenvalue weighted by Crippen LogP contribution is -2.02. The van der Waals surface area contributed by atoms with Gasteiger partial charge in [-0.3, -0.25) is 4.79 Å². The molecule has 154 valence electrons. The van der Waals surface area contributed by atoms with Gasteiger partial charge in [-0.05, 0) is 45.3 Å². The van der Waals surface area contributed by atoms with Gasteiger partial charge in [0.25, 0.3) is 0 Å². The standard InChI is InChI=1S/C24H21BrO5/c1-28-21-14-20(27)22(24(29-2)23(21)25)19(26)13-10-16-8-11-18(12-9-16)30-15-17-6-4-3-5-7-17/h3-14,27H,15H2,1-2H3/b13-10+. The van der Waals surface area contributed by atoms with Gasteiger partial charge in [-0.15, -0.1) is 0 Å². The van der Waals surface area contributed by atoms with Gasteiger partial charge >= 0.3 is 0 Å². The van der Waals surface area contributed by atoms with Crippen molar-refractivity contribution in [1.82, 2.24) is 0 Å². The molecule has 6 heteroatoms. The molecule has 5 nitrogen and oxygen atoms in total. The van der Waals surface area contributed by atoms with Crippen LogP contribution in [0.25, 0.3) is 6.08 Å². The van der Waals surface area contributed by atoms with E-state index in [4.69, 9.17) is 14.2 Å². The lowest BCUT2D eigenvalue weighted by atomic mass is 10.1. The number of carbonyl (C=O) groups excluding carboxylic acids is 1. The minimum atomic E-state index is -0.392. The molecule has 0 aliphatic heterocycles. The second-order valence-corrected chi connectivity index (χ2v) is 7.15. The first-order chi connectivity index (χ1) is 14.5. The Bertz CT molecular complexity index is 1040. The number of carbonyl (C=O) groups is 1. The van der Waals surface area contributed by atoms with Gasteiger partial charge in [0.2, 0.25) is 0 Å². The molecule has 0 bridgehead atoms. The normalized spacial score (nSPS) is 10.8. The summed E-state index contributed by atoms with van der Waals surface area (Å²) in [5.74, 6) is 0.714. The smallest absolute Gasteiger partial charge is 0.193 e. The third kappa shape index (κ3) is 5.02. The summed E-state index contributed by atoms with van der Waals surface area (Å²) in [5.41, 5.74) is 1.97. The van der Waals surface area contributed by atoms with E-state index < -0.39 is 5.78 Å². The Morgan fingerprint density at radius 1 is 1.03 bits per heavy atom. The van der Waals surface area contributed by atoms with Crippen molar-refractivity contribution in [2.24, 2.45) is 0 Å². The van der Waals surface area contributed by atoms with E-state index in [-0.39, 0.29) is 17.1 Å². The number of phenolic OH excluding ortho intramolecular Hbond substituents is 1. The van der Waals surface area contributed by atoms with Gasteiger partial charge < -0.3 is 19.3 Å². The quantitative estimate of drug-likeness (QED) is 0.341. The van der Waals surface area contributed by atoms with Crippen molar-refractivity contribution in [2.45, 2.75) is 6.61 Å². The summed E-state index contributed by atoms with van der Waals surface area (Å²) in [5, 5.41) is 10.3. The maximum atomic E-state index is 12.7. The van der Waals surface area contributed by atoms with E-state index in [1.54, 1.807) is 6.08 Å². The number of phenols is 1. The van der Waals surface area contributed by atoms with Crippen molar-refractivity contribution < 1.29 is 24.1 Å². The number of ether oxygens (including phenoxy) is 3. The molecule has 0 fully saturated rings. The van der Waals surface area contributed by atoms with Gasteiger partial charge in [0.05, 0.1) is 14.2 Å². The average Bonchev–Trinajstić information content (AvgIpc) is 2.78. The maximum Gasteiger partial charge on any atom is 0.193 e. The van der Waals surface area contributed by atoms with Crippen LogP contribution < -0.4 is 14.2 Å². The fourth-order valence-electron chi connectivity index (χ4n) is 2.85. The van der Waals surface area contributed by atoms with Gasteiger partial charge in [-0.25, -0.2) is 0 Å². The third-order valence-corrected chi connectivity index (χ3v) is 5.14. The summed E-state index contributed by atoms with van der Waals surface area (Å²) in [6.45, 7) is 0.486. The number of ketones is 1. The summed E-state index contributed by atoms with van der Waals surface area (Å²) < 4.78 is 16.7. The predicted molar refractivity (Wildman–Crippen MR) is 119 cm³/mol. The van der Waals surface area contributed by atoms with E-state index in [2.05, 4.69) is 15.9 Å². The van der Waals surface area contributed by atoms with Crippen LogP contribution in [0.4, 0.5) is 0 Å².